The van der Waals surface area contributed by atoms with Crippen LogP contribution in [0.15, 0.2) is 48.5 Å². The van der Waals surface area contributed by atoms with Crippen LogP contribution in [0.3, 0.4) is 0 Å². The SMILES string of the molecule is O=C(CN1CCN(C(=O)c2ccc(Cl)cc2F)CC1)Nc1ccccc1. The Morgan fingerprint density at radius 1 is 1.04 bits per heavy atom. The summed E-state index contributed by atoms with van der Waals surface area (Å²) in [7, 11) is 0. The molecule has 1 aliphatic rings. The zero-order valence-corrected chi connectivity index (χ0v) is 14.9. The number of hydrogen-bond acceptors (Lipinski definition) is 3. The second kappa shape index (κ2) is 8.29. The lowest BCUT2D eigenvalue weighted by atomic mass is 10.1. The Morgan fingerprint density at radius 2 is 1.73 bits per heavy atom. The van der Waals surface area contributed by atoms with Crippen molar-refractivity contribution in [3.63, 3.8) is 0 Å². The highest BCUT2D eigenvalue weighted by Gasteiger charge is 2.25. The van der Waals surface area contributed by atoms with Gasteiger partial charge >= 0.3 is 0 Å². The van der Waals surface area contributed by atoms with Crippen molar-refractivity contribution in [1.82, 2.24) is 9.80 Å². The number of amides is 2. The third-order valence-corrected chi connectivity index (χ3v) is 4.48. The molecule has 136 valence electrons. The number of carbonyl (C=O) groups excluding carboxylic acids is 2. The van der Waals surface area contributed by atoms with E-state index in [9.17, 15) is 14.0 Å². The fourth-order valence-electron chi connectivity index (χ4n) is 2.87. The van der Waals surface area contributed by atoms with Crippen molar-refractivity contribution in [2.45, 2.75) is 0 Å². The van der Waals surface area contributed by atoms with E-state index in [-0.39, 0.29) is 28.9 Å². The summed E-state index contributed by atoms with van der Waals surface area (Å²) in [6, 6.07) is 13.3. The molecular formula is C19H19ClFN3O2. The third kappa shape index (κ3) is 4.59. The maximum Gasteiger partial charge on any atom is 0.256 e. The molecule has 1 saturated heterocycles. The Kier molecular flexibility index (Phi) is 5.85. The smallest absolute Gasteiger partial charge is 0.256 e. The Labute approximate surface area is 156 Å². The number of nitrogens with zero attached hydrogens (tertiary/aromatic N) is 2. The summed E-state index contributed by atoms with van der Waals surface area (Å²) in [5.41, 5.74) is 0.772. The normalized spacial score (nSPS) is 14.9. The van der Waals surface area contributed by atoms with Gasteiger partial charge in [-0.2, -0.15) is 0 Å². The first-order valence-corrected chi connectivity index (χ1v) is 8.72. The van der Waals surface area contributed by atoms with Crippen molar-refractivity contribution in [1.29, 1.82) is 0 Å². The van der Waals surface area contributed by atoms with E-state index in [1.54, 1.807) is 4.90 Å². The molecule has 3 rings (SSSR count). The number of anilines is 1. The quantitative estimate of drug-likeness (QED) is 0.894. The summed E-state index contributed by atoms with van der Waals surface area (Å²) >= 11 is 5.72. The Balaban J connectivity index is 1.51. The van der Waals surface area contributed by atoms with Gasteiger partial charge in [-0.3, -0.25) is 14.5 Å². The molecular weight excluding hydrogens is 357 g/mol. The average Bonchev–Trinajstić information content (AvgIpc) is 2.62. The number of carbonyl (C=O) groups is 2. The van der Waals surface area contributed by atoms with E-state index in [2.05, 4.69) is 5.32 Å². The predicted octanol–water partition coefficient (Wildman–Crippen LogP) is 2.88. The van der Waals surface area contributed by atoms with Crippen molar-refractivity contribution in [3.05, 3.63) is 64.9 Å². The summed E-state index contributed by atoms with van der Waals surface area (Å²) in [4.78, 5) is 28.1. The summed E-state index contributed by atoms with van der Waals surface area (Å²) in [5, 5.41) is 3.10. The predicted molar refractivity (Wildman–Crippen MR) is 98.8 cm³/mol. The first kappa shape index (κ1) is 18.4. The van der Waals surface area contributed by atoms with Crippen LogP contribution >= 0.6 is 11.6 Å². The highest BCUT2D eigenvalue weighted by atomic mass is 35.5. The molecule has 0 spiro atoms. The van der Waals surface area contributed by atoms with Gasteiger partial charge in [0.1, 0.15) is 5.82 Å². The van der Waals surface area contributed by atoms with Gasteiger partial charge in [-0.25, -0.2) is 4.39 Å². The fraction of sp³-hybridized carbons (Fsp3) is 0.263. The molecule has 0 aromatic heterocycles. The van der Waals surface area contributed by atoms with E-state index in [4.69, 9.17) is 11.6 Å². The highest BCUT2D eigenvalue weighted by molar-refractivity contribution is 6.30. The van der Waals surface area contributed by atoms with E-state index in [1.165, 1.54) is 12.1 Å². The number of para-hydroxylation sites is 1. The lowest BCUT2D eigenvalue weighted by Gasteiger charge is -2.34. The van der Waals surface area contributed by atoms with Crippen LogP contribution in [0.25, 0.3) is 0 Å². The standard InChI is InChI=1S/C19H19ClFN3O2/c20-14-6-7-16(17(21)12-14)19(26)24-10-8-23(9-11-24)13-18(25)22-15-4-2-1-3-5-15/h1-7,12H,8-11,13H2,(H,22,25). The van der Waals surface area contributed by atoms with Gasteiger partial charge in [-0.15, -0.1) is 0 Å². The van der Waals surface area contributed by atoms with Gasteiger partial charge in [0, 0.05) is 36.9 Å². The number of nitrogens with one attached hydrogen (secondary N) is 1. The molecule has 5 nitrogen and oxygen atoms in total. The van der Waals surface area contributed by atoms with Gasteiger partial charge in [-0.05, 0) is 30.3 Å². The van der Waals surface area contributed by atoms with Crippen LogP contribution < -0.4 is 5.32 Å². The molecule has 1 N–H and O–H groups in total. The summed E-state index contributed by atoms with van der Waals surface area (Å²) in [6.07, 6.45) is 0. The summed E-state index contributed by atoms with van der Waals surface area (Å²) < 4.78 is 13.9. The molecule has 1 heterocycles. The van der Waals surface area contributed by atoms with Gasteiger partial charge < -0.3 is 10.2 Å². The van der Waals surface area contributed by atoms with Crippen LogP contribution in [-0.2, 0) is 4.79 Å². The van der Waals surface area contributed by atoms with Crippen LogP contribution in [0, 0.1) is 5.82 Å². The average molecular weight is 376 g/mol. The molecule has 0 aliphatic carbocycles. The minimum absolute atomic E-state index is 0.0182. The van der Waals surface area contributed by atoms with Crippen LogP contribution in [0.5, 0.6) is 0 Å². The largest absolute Gasteiger partial charge is 0.336 e. The maximum absolute atomic E-state index is 13.9. The number of piperazine rings is 1. The molecule has 2 aromatic carbocycles. The number of rotatable bonds is 4. The van der Waals surface area contributed by atoms with Gasteiger partial charge in [0.05, 0.1) is 12.1 Å². The van der Waals surface area contributed by atoms with E-state index in [0.29, 0.717) is 26.2 Å². The van der Waals surface area contributed by atoms with Crippen molar-refractivity contribution in [2.24, 2.45) is 0 Å². The molecule has 7 heteroatoms. The monoisotopic (exact) mass is 375 g/mol. The van der Waals surface area contributed by atoms with Crippen molar-refractivity contribution in [3.8, 4) is 0 Å². The number of halogens is 2. The van der Waals surface area contributed by atoms with Crippen LogP contribution in [-0.4, -0.2) is 54.3 Å². The summed E-state index contributed by atoms with van der Waals surface area (Å²) in [6.45, 7) is 2.26. The molecule has 2 amide bonds. The lowest BCUT2D eigenvalue weighted by molar-refractivity contribution is -0.117. The molecule has 0 unspecified atom stereocenters. The Morgan fingerprint density at radius 3 is 2.38 bits per heavy atom. The number of benzene rings is 2. The van der Waals surface area contributed by atoms with E-state index in [0.717, 1.165) is 11.8 Å². The first-order valence-electron chi connectivity index (χ1n) is 8.34. The summed E-state index contributed by atoms with van der Waals surface area (Å²) in [5.74, 6) is -1.07. The second-order valence-electron chi connectivity index (χ2n) is 6.11. The highest BCUT2D eigenvalue weighted by Crippen LogP contribution is 2.17. The molecule has 0 bridgehead atoms. The third-order valence-electron chi connectivity index (χ3n) is 4.25. The molecule has 0 saturated carbocycles. The van der Waals surface area contributed by atoms with E-state index >= 15 is 0 Å². The first-order chi connectivity index (χ1) is 12.5. The van der Waals surface area contributed by atoms with E-state index < -0.39 is 5.82 Å². The van der Waals surface area contributed by atoms with Crippen molar-refractivity contribution < 1.29 is 14.0 Å². The van der Waals surface area contributed by atoms with E-state index in [1.807, 2.05) is 35.2 Å². The fourth-order valence-corrected chi connectivity index (χ4v) is 3.03. The van der Waals surface area contributed by atoms with Gasteiger partial charge in [0.15, 0.2) is 0 Å². The van der Waals surface area contributed by atoms with Gasteiger partial charge in [0.2, 0.25) is 5.91 Å². The van der Waals surface area contributed by atoms with Gasteiger partial charge in [0.25, 0.3) is 5.91 Å². The molecule has 0 atom stereocenters. The minimum Gasteiger partial charge on any atom is -0.336 e. The van der Waals surface area contributed by atoms with Gasteiger partial charge in [-0.1, -0.05) is 29.8 Å². The molecule has 26 heavy (non-hydrogen) atoms. The molecule has 1 fully saturated rings. The zero-order valence-electron chi connectivity index (χ0n) is 14.1. The van der Waals surface area contributed by atoms with Crippen LogP contribution in [0.4, 0.5) is 10.1 Å². The second-order valence-corrected chi connectivity index (χ2v) is 6.54. The zero-order chi connectivity index (χ0) is 18.5. The molecule has 1 aliphatic heterocycles. The Bertz CT molecular complexity index is 793. The molecule has 2 aromatic rings. The van der Waals surface area contributed by atoms with Crippen LogP contribution in [0.2, 0.25) is 5.02 Å². The minimum atomic E-state index is -0.618. The topological polar surface area (TPSA) is 52.7 Å². The van der Waals surface area contributed by atoms with Crippen molar-refractivity contribution in [2.75, 3.05) is 38.0 Å². The van der Waals surface area contributed by atoms with Crippen LogP contribution in [0.1, 0.15) is 10.4 Å². The Hall–Kier alpha value is -2.44. The lowest BCUT2D eigenvalue weighted by Crippen LogP contribution is -2.50. The number of hydrogen-bond donors (Lipinski definition) is 1. The molecule has 0 radical (unpaired) electrons. The maximum atomic E-state index is 13.9. The van der Waals surface area contributed by atoms with Crippen molar-refractivity contribution >= 4 is 29.1 Å².